The minimum Gasteiger partial charge on any atom is -0.492 e. The summed E-state index contributed by atoms with van der Waals surface area (Å²) in [5, 5.41) is 3.30. The van der Waals surface area contributed by atoms with E-state index >= 15 is 0 Å². The van der Waals surface area contributed by atoms with Gasteiger partial charge in [-0.05, 0) is 25.5 Å². The Balaban J connectivity index is 1.53. The summed E-state index contributed by atoms with van der Waals surface area (Å²) in [5.41, 5.74) is 1.07. The molecular formula is C17H21N3O2. The van der Waals surface area contributed by atoms with Gasteiger partial charge in [0.2, 0.25) is 0 Å². The standard InChI is InChI=1S/C17H21N3O2/c1-13-19-16(14-7-9-21-12-14)11-17(20-13)18-8-10-22-15-5-3-2-4-6-15/h2-6,11,14H,7-10,12H2,1H3,(H,18,19,20). The van der Waals surface area contributed by atoms with Crippen molar-refractivity contribution >= 4 is 5.82 Å². The van der Waals surface area contributed by atoms with Crippen LogP contribution < -0.4 is 10.1 Å². The van der Waals surface area contributed by atoms with E-state index in [1.165, 1.54) is 0 Å². The maximum atomic E-state index is 5.66. The first-order chi connectivity index (χ1) is 10.8. The first-order valence-electron chi connectivity index (χ1n) is 7.66. The highest BCUT2D eigenvalue weighted by Crippen LogP contribution is 2.24. The largest absolute Gasteiger partial charge is 0.492 e. The average Bonchev–Trinajstić information content (AvgIpc) is 3.07. The molecule has 1 aromatic carbocycles. The average molecular weight is 299 g/mol. The zero-order valence-electron chi connectivity index (χ0n) is 12.8. The normalized spacial score (nSPS) is 17.4. The number of ether oxygens (including phenoxy) is 2. The summed E-state index contributed by atoms with van der Waals surface area (Å²) < 4.78 is 11.1. The van der Waals surface area contributed by atoms with Crippen molar-refractivity contribution < 1.29 is 9.47 Å². The van der Waals surface area contributed by atoms with Crippen LogP contribution in [-0.2, 0) is 4.74 Å². The molecule has 1 unspecified atom stereocenters. The fourth-order valence-corrected chi connectivity index (χ4v) is 2.52. The second kappa shape index (κ2) is 7.22. The Bertz CT molecular complexity index is 598. The number of rotatable bonds is 6. The molecule has 1 fully saturated rings. The maximum Gasteiger partial charge on any atom is 0.130 e. The van der Waals surface area contributed by atoms with Crippen LogP contribution in [0.4, 0.5) is 5.82 Å². The number of nitrogens with zero attached hydrogens (tertiary/aromatic N) is 2. The molecule has 5 nitrogen and oxygen atoms in total. The van der Waals surface area contributed by atoms with Gasteiger partial charge >= 0.3 is 0 Å². The Hall–Kier alpha value is -2.14. The molecule has 1 N–H and O–H groups in total. The third-order valence-corrected chi connectivity index (χ3v) is 3.63. The fraction of sp³-hybridized carbons (Fsp3) is 0.412. The Morgan fingerprint density at radius 2 is 2.14 bits per heavy atom. The second-order valence-electron chi connectivity index (χ2n) is 5.37. The van der Waals surface area contributed by atoms with E-state index in [4.69, 9.17) is 9.47 Å². The van der Waals surface area contributed by atoms with Crippen LogP contribution in [0.1, 0.15) is 23.9 Å². The van der Waals surface area contributed by atoms with E-state index in [2.05, 4.69) is 15.3 Å². The fourth-order valence-electron chi connectivity index (χ4n) is 2.52. The van der Waals surface area contributed by atoms with Gasteiger partial charge in [-0.25, -0.2) is 9.97 Å². The van der Waals surface area contributed by atoms with E-state index in [1.807, 2.05) is 43.3 Å². The van der Waals surface area contributed by atoms with Gasteiger partial charge in [-0.1, -0.05) is 18.2 Å². The number of para-hydroxylation sites is 1. The third-order valence-electron chi connectivity index (χ3n) is 3.63. The predicted octanol–water partition coefficient (Wildman–Crippen LogP) is 2.78. The summed E-state index contributed by atoms with van der Waals surface area (Å²) in [7, 11) is 0. The van der Waals surface area contributed by atoms with Crippen LogP contribution in [-0.4, -0.2) is 36.3 Å². The van der Waals surface area contributed by atoms with Gasteiger partial charge in [0, 0.05) is 18.6 Å². The number of aryl methyl sites for hydroxylation is 1. The smallest absolute Gasteiger partial charge is 0.130 e. The lowest BCUT2D eigenvalue weighted by molar-refractivity contribution is 0.193. The van der Waals surface area contributed by atoms with Crippen LogP contribution in [0.5, 0.6) is 5.75 Å². The molecule has 1 saturated heterocycles. The highest BCUT2D eigenvalue weighted by molar-refractivity contribution is 5.37. The molecule has 0 amide bonds. The van der Waals surface area contributed by atoms with Gasteiger partial charge in [0.05, 0.1) is 18.8 Å². The summed E-state index contributed by atoms with van der Waals surface area (Å²) in [6.45, 7) is 4.79. The topological polar surface area (TPSA) is 56.3 Å². The zero-order valence-corrected chi connectivity index (χ0v) is 12.8. The summed E-state index contributed by atoms with van der Waals surface area (Å²) in [4.78, 5) is 8.96. The number of hydrogen-bond acceptors (Lipinski definition) is 5. The highest BCUT2D eigenvalue weighted by Gasteiger charge is 2.20. The number of hydrogen-bond donors (Lipinski definition) is 1. The maximum absolute atomic E-state index is 5.66. The Kier molecular flexibility index (Phi) is 4.85. The van der Waals surface area contributed by atoms with Crippen molar-refractivity contribution in [3.63, 3.8) is 0 Å². The predicted molar refractivity (Wildman–Crippen MR) is 85.4 cm³/mol. The minimum absolute atomic E-state index is 0.391. The summed E-state index contributed by atoms with van der Waals surface area (Å²) in [6.07, 6.45) is 1.03. The summed E-state index contributed by atoms with van der Waals surface area (Å²) in [6, 6.07) is 11.8. The molecular weight excluding hydrogens is 278 g/mol. The van der Waals surface area contributed by atoms with E-state index in [0.717, 1.165) is 42.7 Å². The second-order valence-corrected chi connectivity index (χ2v) is 5.37. The molecule has 0 bridgehead atoms. The van der Waals surface area contributed by atoms with Crippen molar-refractivity contribution in [3.8, 4) is 5.75 Å². The SMILES string of the molecule is Cc1nc(NCCOc2ccccc2)cc(C2CCOC2)n1. The first-order valence-corrected chi connectivity index (χ1v) is 7.66. The van der Waals surface area contributed by atoms with E-state index in [1.54, 1.807) is 0 Å². The Morgan fingerprint density at radius 1 is 1.27 bits per heavy atom. The first kappa shape index (κ1) is 14.8. The number of nitrogens with one attached hydrogen (secondary N) is 1. The van der Waals surface area contributed by atoms with Crippen molar-refractivity contribution in [2.24, 2.45) is 0 Å². The highest BCUT2D eigenvalue weighted by atomic mass is 16.5. The van der Waals surface area contributed by atoms with Crippen LogP contribution in [0.15, 0.2) is 36.4 Å². The lowest BCUT2D eigenvalue weighted by atomic mass is 10.0. The molecule has 1 aliphatic rings. The molecule has 116 valence electrons. The molecule has 0 aliphatic carbocycles. The minimum atomic E-state index is 0.391. The zero-order chi connectivity index (χ0) is 15.2. The number of anilines is 1. The molecule has 0 spiro atoms. The summed E-state index contributed by atoms with van der Waals surface area (Å²) >= 11 is 0. The Morgan fingerprint density at radius 3 is 2.91 bits per heavy atom. The lowest BCUT2D eigenvalue weighted by Gasteiger charge is -2.12. The molecule has 2 heterocycles. The molecule has 3 rings (SSSR count). The number of benzene rings is 1. The van der Waals surface area contributed by atoms with Crippen molar-refractivity contribution in [1.82, 2.24) is 9.97 Å². The van der Waals surface area contributed by atoms with Crippen molar-refractivity contribution in [3.05, 3.63) is 47.9 Å². The monoisotopic (exact) mass is 299 g/mol. The molecule has 1 aromatic heterocycles. The van der Waals surface area contributed by atoms with Crippen molar-refractivity contribution in [2.75, 3.05) is 31.7 Å². The van der Waals surface area contributed by atoms with Gasteiger partial charge in [-0.2, -0.15) is 0 Å². The molecule has 22 heavy (non-hydrogen) atoms. The van der Waals surface area contributed by atoms with Crippen LogP contribution >= 0.6 is 0 Å². The molecule has 0 saturated carbocycles. The van der Waals surface area contributed by atoms with Gasteiger partial charge < -0.3 is 14.8 Å². The van der Waals surface area contributed by atoms with Gasteiger partial charge in [0.15, 0.2) is 0 Å². The summed E-state index contributed by atoms with van der Waals surface area (Å²) in [5.74, 6) is 2.91. The molecule has 2 aromatic rings. The molecule has 5 heteroatoms. The van der Waals surface area contributed by atoms with Crippen LogP contribution in [0.2, 0.25) is 0 Å². The van der Waals surface area contributed by atoms with E-state index in [9.17, 15) is 0 Å². The van der Waals surface area contributed by atoms with Gasteiger partial charge in [0.25, 0.3) is 0 Å². The van der Waals surface area contributed by atoms with Crippen LogP contribution in [0.3, 0.4) is 0 Å². The third kappa shape index (κ3) is 3.95. The van der Waals surface area contributed by atoms with Gasteiger partial charge in [-0.3, -0.25) is 0 Å². The van der Waals surface area contributed by atoms with Gasteiger partial charge in [-0.15, -0.1) is 0 Å². The van der Waals surface area contributed by atoms with Crippen LogP contribution in [0, 0.1) is 6.92 Å². The lowest BCUT2D eigenvalue weighted by Crippen LogP contribution is -2.14. The Labute approximate surface area is 130 Å². The molecule has 1 atom stereocenters. The number of aromatic nitrogens is 2. The van der Waals surface area contributed by atoms with Gasteiger partial charge in [0.1, 0.15) is 24.0 Å². The van der Waals surface area contributed by atoms with E-state index < -0.39 is 0 Å². The van der Waals surface area contributed by atoms with Crippen molar-refractivity contribution in [1.29, 1.82) is 0 Å². The van der Waals surface area contributed by atoms with E-state index in [-0.39, 0.29) is 0 Å². The molecule has 0 radical (unpaired) electrons. The van der Waals surface area contributed by atoms with Crippen LogP contribution in [0.25, 0.3) is 0 Å². The molecule has 1 aliphatic heterocycles. The van der Waals surface area contributed by atoms with Crippen molar-refractivity contribution in [2.45, 2.75) is 19.3 Å². The van der Waals surface area contributed by atoms with E-state index in [0.29, 0.717) is 19.1 Å². The quantitative estimate of drug-likeness (QED) is 0.831.